The Hall–Kier alpha value is -2.83. The smallest absolute Gasteiger partial charge is 0.295 e. The van der Waals surface area contributed by atoms with Gasteiger partial charge in [0.25, 0.3) is 11.7 Å². The summed E-state index contributed by atoms with van der Waals surface area (Å²) in [5, 5.41) is 21.2. The van der Waals surface area contributed by atoms with Gasteiger partial charge in [0, 0.05) is 17.1 Å². The van der Waals surface area contributed by atoms with E-state index in [-0.39, 0.29) is 36.3 Å². The van der Waals surface area contributed by atoms with E-state index in [4.69, 9.17) is 16.3 Å². The van der Waals surface area contributed by atoms with Gasteiger partial charge in [0.05, 0.1) is 24.3 Å². The Balaban J connectivity index is 2.10. The number of amides is 1. The standard InChI is InChI=1S/C22H22ClNO5/c1-13(2)29-10-9-24-19(14-5-4-8-17(25)12-14)18(21(27)22(24)28)20(26)15-6-3-7-16(23)11-15/h3-8,11-13,19,25-26H,9-10H2,1-2H3/b20-18-. The average molecular weight is 416 g/mol. The number of benzene rings is 2. The van der Waals surface area contributed by atoms with Gasteiger partial charge in [-0.2, -0.15) is 0 Å². The minimum absolute atomic E-state index is 0.00530. The number of phenolic OH excluding ortho intramolecular Hbond substituents is 1. The van der Waals surface area contributed by atoms with Gasteiger partial charge in [-0.3, -0.25) is 9.59 Å². The van der Waals surface area contributed by atoms with Crippen LogP contribution in [0.3, 0.4) is 0 Å². The molecular weight excluding hydrogens is 394 g/mol. The van der Waals surface area contributed by atoms with E-state index in [9.17, 15) is 19.8 Å². The first-order valence-corrected chi connectivity index (χ1v) is 9.62. The van der Waals surface area contributed by atoms with Crippen LogP contribution in [0.4, 0.5) is 0 Å². The van der Waals surface area contributed by atoms with Crippen molar-refractivity contribution in [2.45, 2.75) is 26.0 Å². The predicted molar refractivity (Wildman–Crippen MR) is 110 cm³/mol. The molecule has 2 aromatic rings. The van der Waals surface area contributed by atoms with Crippen molar-refractivity contribution in [1.29, 1.82) is 0 Å². The van der Waals surface area contributed by atoms with E-state index in [2.05, 4.69) is 0 Å². The van der Waals surface area contributed by atoms with Crippen LogP contribution in [-0.2, 0) is 14.3 Å². The van der Waals surface area contributed by atoms with Crippen molar-refractivity contribution in [2.75, 3.05) is 13.2 Å². The van der Waals surface area contributed by atoms with Gasteiger partial charge in [0.1, 0.15) is 11.5 Å². The molecule has 1 fully saturated rings. The quantitative estimate of drug-likeness (QED) is 0.424. The Morgan fingerprint density at radius 3 is 2.55 bits per heavy atom. The number of carbonyl (C=O) groups is 2. The molecule has 1 aliphatic rings. The van der Waals surface area contributed by atoms with E-state index < -0.39 is 17.7 Å². The Bertz CT molecular complexity index is 969. The number of rotatable bonds is 6. The number of ether oxygens (including phenoxy) is 1. The highest BCUT2D eigenvalue weighted by Gasteiger charge is 2.46. The topological polar surface area (TPSA) is 87.1 Å². The van der Waals surface area contributed by atoms with Gasteiger partial charge in [0.15, 0.2) is 0 Å². The summed E-state index contributed by atoms with van der Waals surface area (Å²) in [7, 11) is 0. The molecule has 0 radical (unpaired) electrons. The summed E-state index contributed by atoms with van der Waals surface area (Å²) < 4.78 is 5.54. The molecule has 0 saturated carbocycles. The Kier molecular flexibility index (Phi) is 6.25. The molecule has 1 atom stereocenters. The number of hydrogen-bond donors (Lipinski definition) is 2. The zero-order valence-electron chi connectivity index (χ0n) is 16.1. The maximum absolute atomic E-state index is 12.8. The number of ketones is 1. The maximum Gasteiger partial charge on any atom is 0.295 e. The van der Waals surface area contributed by atoms with Crippen molar-refractivity contribution in [3.63, 3.8) is 0 Å². The lowest BCUT2D eigenvalue weighted by Gasteiger charge is -2.25. The average Bonchev–Trinajstić information content (AvgIpc) is 2.92. The van der Waals surface area contributed by atoms with Crippen LogP contribution in [0.5, 0.6) is 5.75 Å². The largest absolute Gasteiger partial charge is 0.508 e. The lowest BCUT2D eigenvalue weighted by molar-refractivity contribution is -0.140. The zero-order chi connectivity index (χ0) is 21.1. The lowest BCUT2D eigenvalue weighted by Crippen LogP contribution is -2.33. The number of halogens is 1. The van der Waals surface area contributed by atoms with Crippen molar-refractivity contribution in [2.24, 2.45) is 0 Å². The van der Waals surface area contributed by atoms with Crippen molar-refractivity contribution >= 4 is 29.1 Å². The van der Waals surface area contributed by atoms with E-state index in [0.717, 1.165) is 0 Å². The minimum atomic E-state index is -0.850. The highest BCUT2D eigenvalue weighted by Crippen LogP contribution is 2.40. The fourth-order valence-electron chi connectivity index (χ4n) is 3.33. The van der Waals surface area contributed by atoms with E-state index in [1.807, 2.05) is 13.8 Å². The summed E-state index contributed by atoms with van der Waals surface area (Å²) in [5.41, 5.74) is 0.795. The normalized spacial score (nSPS) is 18.6. The lowest BCUT2D eigenvalue weighted by atomic mass is 9.95. The number of Topliss-reactive ketones (excluding diaryl/α,β-unsaturated/α-hetero) is 1. The van der Waals surface area contributed by atoms with Gasteiger partial charge in [-0.25, -0.2) is 0 Å². The second kappa shape index (κ2) is 8.68. The van der Waals surface area contributed by atoms with Crippen LogP contribution >= 0.6 is 11.6 Å². The first-order valence-electron chi connectivity index (χ1n) is 9.24. The van der Waals surface area contributed by atoms with Crippen LogP contribution in [0.25, 0.3) is 5.76 Å². The molecule has 29 heavy (non-hydrogen) atoms. The molecule has 1 aliphatic heterocycles. The second-order valence-electron chi connectivity index (χ2n) is 7.02. The number of aromatic hydroxyl groups is 1. The van der Waals surface area contributed by atoms with E-state index >= 15 is 0 Å². The Morgan fingerprint density at radius 1 is 1.17 bits per heavy atom. The molecule has 0 bridgehead atoms. The molecule has 3 rings (SSSR count). The molecule has 0 aliphatic carbocycles. The van der Waals surface area contributed by atoms with E-state index in [0.29, 0.717) is 16.1 Å². The van der Waals surface area contributed by atoms with Gasteiger partial charge < -0.3 is 19.8 Å². The highest BCUT2D eigenvalue weighted by atomic mass is 35.5. The number of aliphatic hydroxyl groups excluding tert-OH is 1. The molecule has 6 nitrogen and oxygen atoms in total. The van der Waals surface area contributed by atoms with Gasteiger partial charge in [-0.1, -0.05) is 35.9 Å². The monoisotopic (exact) mass is 415 g/mol. The molecule has 2 aromatic carbocycles. The van der Waals surface area contributed by atoms with Gasteiger partial charge >= 0.3 is 0 Å². The van der Waals surface area contributed by atoms with Crippen LogP contribution in [0.15, 0.2) is 54.1 Å². The van der Waals surface area contributed by atoms with Crippen molar-refractivity contribution in [3.05, 3.63) is 70.3 Å². The zero-order valence-corrected chi connectivity index (χ0v) is 16.9. The molecule has 2 N–H and O–H groups in total. The first kappa shape index (κ1) is 20.9. The number of carbonyl (C=O) groups excluding carboxylic acids is 2. The molecule has 0 aromatic heterocycles. The third-order valence-corrected chi connectivity index (χ3v) is 4.84. The number of aliphatic hydroxyl groups is 1. The van der Waals surface area contributed by atoms with Crippen molar-refractivity contribution < 1.29 is 24.5 Å². The molecule has 1 amide bonds. The van der Waals surface area contributed by atoms with Gasteiger partial charge in [0.2, 0.25) is 0 Å². The molecule has 1 unspecified atom stereocenters. The summed E-state index contributed by atoms with van der Waals surface area (Å²) >= 11 is 6.02. The SMILES string of the molecule is CC(C)OCCN1C(=O)C(=O)/C(=C(\O)c2cccc(Cl)c2)C1c1cccc(O)c1. The van der Waals surface area contributed by atoms with E-state index in [1.165, 1.54) is 23.1 Å². The third kappa shape index (κ3) is 4.44. The van der Waals surface area contributed by atoms with Crippen LogP contribution in [0.1, 0.15) is 31.0 Å². The summed E-state index contributed by atoms with van der Waals surface area (Å²) in [6.45, 7) is 4.15. The summed E-state index contributed by atoms with van der Waals surface area (Å²) in [4.78, 5) is 26.9. The highest BCUT2D eigenvalue weighted by molar-refractivity contribution is 6.46. The predicted octanol–water partition coefficient (Wildman–Crippen LogP) is 3.89. The molecule has 0 spiro atoms. The first-order chi connectivity index (χ1) is 13.8. The molecule has 1 heterocycles. The molecule has 7 heteroatoms. The third-order valence-electron chi connectivity index (χ3n) is 4.61. The molecule has 1 saturated heterocycles. The van der Waals surface area contributed by atoms with Crippen LogP contribution in [0.2, 0.25) is 5.02 Å². The number of likely N-dealkylation sites (tertiary alicyclic amines) is 1. The fourth-order valence-corrected chi connectivity index (χ4v) is 3.52. The number of hydrogen-bond acceptors (Lipinski definition) is 5. The van der Waals surface area contributed by atoms with Crippen LogP contribution < -0.4 is 0 Å². The van der Waals surface area contributed by atoms with Gasteiger partial charge in [-0.15, -0.1) is 0 Å². The Labute approximate surface area is 174 Å². The second-order valence-corrected chi connectivity index (χ2v) is 7.45. The summed E-state index contributed by atoms with van der Waals surface area (Å²) in [6.07, 6.45) is -0.0301. The summed E-state index contributed by atoms with van der Waals surface area (Å²) in [5.74, 6) is -1.84. The number of nitrogens with zero attached hydrogens (tertiary/aromatic N) is 1. The van der Waals surface area contributed by atoms with Crippen molar-refractivity contribution in [3.8, 4) is 5.75 Å². The summed E-state index contributed by atoms with van der Waals surface area (Å²) in [6, 6.07) is 11.8. The fraction of sp³-hybridized carbons (Fsp3) is 0.273. The number of phenols is 1. The van der Waals surface area contributed by atoms with E-state index in [1.54, 1.807) is 30.3 Å². The maximum atomic E-state index is 12.8. The van der Waals surface area contributed by atoms with Crippen molar-refractivity contribution in [1.82, 2.24) is 4.90 Å². The molecular formula is C22H22ClNO5. The van der Waals surface area contributed by atoms with Crippen LogP contribution in [-0.4, -0.2) is 46.1 Å². The molecule has 152 valence electrons. The van der Waals surface area contributed by atoms with Gasteiger partial charge in [-0.05, 0) is 43.7 Å². The van der Waals surface area contributed by atoms with Crippen LogP contribution in [0, 0.1) is 0 Å². The Morgan fingerprint density at radius 2 is 1.90 bits per heavy atom. The minimum Gasteiger partial charge on any atom is -0.508 e.